The molecule has 0 saturated carbocycles. The van der Waals surface area contributed by atoms with Crippen LogP contribution in [0, 0.1) is 23.7 Å². The van der Waals surface area contributed by atoms with E-state index in [9.17, 15) is 14.4 Å². The normalized spacial score (nSPS) is 19.1. The second kappa shape index (κ2) is 7.96. The Kier molecular flexibility index (Phi) is 8.02. The highest BCUT2D eigenvalue weighted by molar-refractivity contribution is 7.53. The van der Waals surface area contributed by atoms with Crippen LogP contribution in [-0.4, -0.2) is 14.9 Å². The maximum atomic E-state index is 12.4. The molecule has 3 nitrogen and oxygen atoms in total. The van der Waals surface area contributed by atoms with Gasteiger partial charge < -0.3 is 9.79 Å². The number of hydrogen-bond donors (Lipinski definition) is 2. The van der Waals surface area contributed by atoms with E-state index < -0.39 is 12.8 Å². The van der Waals surface area contributed by atoms with Gasteiger partial charge in [-0.3, -0.25) is 4.57 Å². The zero-order valence-corrected chi connectivity index (χ0v) is 15.3. The van der Waals surface area contributed by atoms with E-state index >= 15 is 0 Å². The molecule has 122 valence electrons. The van der Waals surface area contributed by atoms with E-state index in [1.807, 2.05) is 20.8 Å². The average molecular weight is 306 g/mol. The van der Waals surface area contributed by atoms with Crippen molar-refractivity contribution in [3.63, 3.8) is 0 Å². The summed E-state index contributed by atoms with van der Waals surface area (Å²) in [7, 11) is -4.15. The summed E-state index contributed by atoms with van der Waals surface area (Å²) in [5.74, 6) is 0.993. The maximum absolute atomic E-state index is 12.4. The van der Waals surface area contributed by atoms with Crippen molar-refractivity contribution in [2.45, 2.75) is 79.3 Å². The topological polar surface area (TPSA) is 57.5 Å². The number of rotatable bonds is 9. The van der Waals surface area contributed by atoms with Crippen LogP contribution < -0.4 is 0 Å². The van der Waals surface area contributed by atoms with Gasteiger partial charge in [-0.15, -0.1) is 0 Å². The van der Waals surface area contributed by atoms with E-state index in [0.29, 0.717) is 18.3 Å². The van der Waals surface area contributed by atoms with Crippen LogP contribution in [-0.2, 0) is 4.57 Å². The van der Waals surface area contributed by atoms with Crippen LogP contribution in [0.2, 0.25) is 0 Å². The Morgan fingerprint density at radius 1 is 0.900 bits per heavy atom. The second-order valence-corrected chi connectivity index (χ2v) is 9.27. The molecule has 2 N–H and O–H groups in total. The highest BCUT2D eigenvalue weighted by Gasteiger charge is 2.53. The maximum Gasteiger partial charge on any atom is 0.332 e. The molecule has 0 aliphatic rings. The molecule has 0 heterocycles. The zero-order chi connectivity index (χ0) is 16.1. The molecule has 0 aromatic heterocycles. The molecule has 0 amide bonds. The molecule has 2 unspecified atom stereocenters. The quantitative estimate of drug-likeness (QED) is 0.585. The smallest absolute Gasteiger partial charge is 0.324 e. The fourth-order valence-electron chi connectivity index (χ4n) is 3.92. The van der Waals surface area contributed by atoms with Gasteiger partial charge in [0, 0.05) is 0 Å². The Morgan fingerprint density at radius 2 is 1.25 bits per heavy atom. The van der Waals surface area contributed by atoms with Gasteiger partial charge >= 0.3 is 7.60 Å². The standard InChI is InChI=1S/C16H35O3P/c1-8-9-16(20(17,18)19,14(6)10-12(2)3)15(7)11-13(4)5/h12-15H,8-11H2,1-7H3,(H2,17,18,19). The first-order valence-corrected chi connectivity index (χ1v) is 9.65. The van der Waals surface area contributed by atoms with Gasteiger partial charge in [0.25, 0.3) is 0 Å². The minimum absolute atomic E-state index is 0.0389. The fourth-order valence-corrected chi connectivity index (χ4v) is 5.80. The predicted molar refractivity (Wildman–Crippen MR) is 86.9 cm³/mol. The van der Waals surface area contributed by atoms with Gasteiger partial charge in [0.15, 0.2) is 0 Å². The molecule has 0 radical (unpaired) electrons. The van der Waals surface area contributed by atoms with Gasteiger partial charge in [0.2, 0.25) is 0 Å². The molecule has 0 aliphatic carbocycles. The van der Waals surface area contributed by atoms with E-state index in [4.69, 9.17) is 0 Å². The van der Waals surface area contributed by atoms with E-state index in [0.717, 1.165) is 19.3 Å². The summed E-state index contributed by atoms with van der Waals surface area (Å²) in [6.45, 7) is 14.6. The highest BCUT2D eigenvalue weighted by Crippen LogP contribution is 2.62. The number of hydrogen-bond acceptors (Lipinski definition) is 1. The summed E-state index contributed by atoms with van der Waals surface area (Å²) < 4.78 is 12.4. The van der Waals surface area contributed by atoms with Crippen LogP contribution >= 0.6 is 7.60 Å². The van der Waals surface area contributed by atoms with Crippen molar-refractivity contribution >= 4 is 7.60 Å². The van der Waals surface area contributed by atoms with E-state index in [-0.39, 0.29) is 11.8 Å². The molecule has 20 heavy (non-hydrogen) atoms. The first-order valence-electron chi connectivity index (χ1n) is 8.04. The Balaban J connectivity index is 5.64. The van der Waals surface area contributed by atoms with Crippen LogP contribution in [0.25, 0.3) is 0 Å². The molecule has 0 saturated heterocycles. The molecular formula is C16H35O3P. The lowest BCUT2D eigenvalue weighted by atomic mass is 9.73. The summed E-state index contributed by atoms with van der Waals surface area (Å²) in [4.78, 5) is 20.3. The molecule has 4 heteroatoms. The third-order valence-electron chi connectivity index (χ3n) is 4.55. The van der Waals surface area contributed by atoms with E-state index in [1.54, 1.807) is 0 Å². The molecule has 0 fully saturated rings. The lowest BCUT2D eigenvalue weighted by Gasteiger charge is -2.45. The Hall–Kier alpha value is 0.150. The van der Waals surface area contributed by atoms with Crippen molar-refractivity contribution in [3.05, 3.63) is 0 Å². The van der Waals surface area contributed by atoms with Gasteiger partial charge in [-0.25, -0.2) is 0 Å². The lowest BCUT2D eigenvalue weighted by molar-refractivity contribution is 0.172. The monoisotopic (exact) mass is 306 g/mol. The Labute approximate surface area is 125 Å². The summed E-state index contributed by atoms with van der Waals surface area (Å²) in [6.07, 6.45) is 3.16. The second-order valence-electron chi connectivity index (χ2n) is 7.35. The van der Waals surface area contributed by atoms with Gasteiger partial charge in [-0.1, -0.05) is 54.9 Å². The van der Waals surface area contributed by atoms with Crippen LogP contribution in [0.5, 0.6) is 0 Å². The molecule has 0 spiro atoms. The zero-order valence-electron chi connectivity index (χ0n) is 14.4. The van der Waals surface area contributed by atoms with Crippen LogP contribution in [0.1, 0.15) is 74.1 Å². The minimum Gasteiger partial charge on any atom is -0.324 e. The van der Waals surface area contributed by atoms with Gasteiger partial charge in [-0.05, 0) is 42.9 Å². The van der Waals surface area contributed by atoms with Crippen molar-refractivity contribution < 1.29 is 14.4 Å². The van der Waals surface area contributed by atoms with Crippen molar-refractivity contribution in [2.75, 3.05) is 0 Å². The van der Waals surface area contributed by atoms with Gasteiger partial charge in [0.05, 0.1) is 5.16 Å². The first kappa shape index (κ1) is 20.1. The van der Waals surface area contributed by atoms with Crippen molar-refractivity contribution in [1.82, 2.24) is 0 Å². The SMILES string of the molecule is CCCC(C(C)CC(C)C)(C(C)CC(C)C)P(=O)(O)O. The minimum atomic E-state index is -4.15. The van der Waals surface area contributed by atoms with Crippen LogP contribution in [0.3, 0.4) is 0 Å². The molecule has 2 atom stereocenters. The Morgan fingerprint density at radius 3 is 1.45 bits per heavy atom. The average Bonchev–Trinajstić information content (AvgIpc) is 2.21. The summed E-state index contributed by atoms with van der Waals surface area (Å²) in [5.41, 5.74) is 0. The molecule has 0 aliphatic heterocycles. The van der Waals surface area contributed by atoms with Crippen LogP contribution in [0.4, 0.5) is 0 Å². The van der Waals surface area contributed by atoms with E-state index in [1.165, 1.54) is 0 Å². The fraction of sp³-hybridized carbons (Fsp3) is 1.00. The lowest BCUT2D eigenvalue weighted by Crippen LogP contribution is -2.43. The van der Waals surface area contributed by atoms with Gasteiger partial charge in [-0.2, -0.15) is 0 Å². The van der Waals surface area contributed by atoms with Gasteiger partial charge in [0.1, 0.15) is 0 Å². The van der Waals surface area contributed by atoms with Crippen molar-refractivity contribution in [3.8, 4) is 0 Å². The predicted octanol–water partition coefficient (Wildman–Crippen LogP) is 5.07. The largest absolute Gasteiger partial charge is 0.332 e. The molecular weight excluding hydrogens is 271 g/mol. The molecule has 0 aromatic rings. The highest BCUT2D eigenvalue weighted by atomic mass is 31.2. The van der Waals surface area contributed by atoms with Crippen LogP contribution in [0.15, 0.2) is 0 Å². The van der Waals surface area contributed by atoms with E-state index in [2.05, 4.69) is 27.7 Å². The first-order chi connectivity index (χ1) is 8.99. The summed E-state index contributed by atoms with van der Waals surface area (Å²) in [6, 6.07) is 0. The molecule has 0 bridgehead atoms. The Bertz CT molecular complexity index is 304. The third-order valence-corrected chi connectivity index (χ3v) is 6.74. The summed E-state index contributed by atoms with van der Waals surface area (Å²) >= 11 is 0. The molecule has 0 aromatic carbocycles. The van der Waals surface area contributed by atoms with Crippen molar-refractivity contribution in [1.29, 1.82) is 0 Å². The van der Waals surface area contributed by atoms with Crippen molar-refractivity contribution in [2.24, 2.45) is 23.7 Å². The third kappa shape index (κ3) is 4.86. The molecule has 0 rings (SSSR count). The summed E-state index contributed by atoms with van der Waals surface area (Å²) in [5, 5.41) is -0.865.